The second-order valence-electron chi connectivity index (χ2n) is 7.04. The van der Waals surface area contributed by atoms with E-state index in [4.69, 9.17) is 14.7 Å². The van der Waals surface area contributed by atoms with Crippen LogP contribution in [0.2, 0.25) is 0 Å². The van der Waals surface area contributed by atoms with Crippen LogP contribution in [-0.4, -0.2) is 22.6 Å². The summed E-state index contributed by atoms with van der Waals surface area (Å²) >= 11 is 0. The number of aromatic nitrogens is 2. The van der Waals surface area contributed by atoms with Crippen LogP contribution in [-0.2, 0) is 0 Å². The van der Waals surface area contributed by atoms with Gasteiger partial charge in [0.05, 0.1) is 12.3 Å². The highest BCUT2D eigenvalue weighted by atomic mass is 16.5. The van der Waals surface area contributed by atoms with Gasteiger partial charge < -0.3 is 15.4 Å². The molecular formula is C23H26N4O. The van der Waals surface area contributed by atoms with Crippen molar-refractivity contribution in [3.8, 4) is 17.0 Å². The van der Waals surface area contributed by atoms with Crippen LogP contribution in [0.25, 0.3) is 11.3 Å². The Morgan fingerprint density at radius 1 is 0.964 bits per heavy atom. The van der Waals surface area contributed by atoms with Gasteiger partial charge in [0.1, 0.15) is 11.6 Å². The van der Waals surface area contributed by atoms with Crippen LogP contribution in [0.3, 0.4) is 0 Å². The van der Waals surface area contributed by atoms with Crippen LogP contribution in [0, 0.1) is 0 Å². The number of nitrogens with one attached hydrogen (secondary N) is 2. The smallest absolute Gasteiger partial charge is 0.225 e. The summed E-state index contributed by atoms with van der Waals surface area (Å²) in [4.78, 5) is 9.48. The maximum absolute atomic E-state index is 5.52. The summed E-state index contributed by atoms with van der Waals surface area (Å²) < 4.78 is 5.52. The molecule has 1 aromatic heterocycles. The first-order valence-corrected chi connectivity index (χ1v) is 10.0. The third-order valence-corrected chi connectivity index (χ3v) is 4.92. The molecule has 0 amide bonds. The van der Waals surface area contributed by atoms with E-state index in [1.807, 2.05) is 55.5 Å². The Morgan fingerprint density at radius 2 is 1.71 bits per heavy atom. The van der Waals surface area contributed by atoms with Crippen molar-refractivity contribution in [1.29, 1.82) is 0 Å². The zero-order chi connectivity index (χ0) is 19.2. The monoisotopic (exact) mass is 374 g/mol. The van der Waals surface area contributed by atoms with Gasteiger partial charge in [0.2, 0.25) is 5.95 Å². The lowest BCUT2D eigenvalue weighted by Gasteiger charge is -2.15. The van der Waals surface area contributed by atoms with Crippen LogP contribution in [0.15, 0.2) is 60.7 Å². The van der Waals surface area contributed by atoms with E-state index in [-0.39, 0.29) is 0 Å². The highest BCUT2D eigenvalue weighted by Gasteiger charge is 2.16. The second kappa shape index (κ2) is 8.74. The van der Waals surface area contributed by atoms with Crippen LogP contribution in [0.1, 0.15) is 32.6 Å². The summed E-state index contributed by atoms with van der Waals surface area (Å²) in [5.74, 6) is 2.32. The van der Waals surface area contributed by atoms with Crippen molar-refractivity contribution in [2.75, 3.05) is 17.2 Å². The first-order valence-electron chi connectivity index (χ1n) is 10.0. The molecule has 3 aromatic rings. The molecule has 0 saturated heterocycles. The van der Waals surface area contributed by atoms with Gasteiger partial charge in [-0.25, -0.2) is 4.98 Å². The standard InChI is InChI=1S/C23H26N4O/c1-2-28-20-14-12-19(13-15-20)24-22-16-21(17-8-4-3-5-9-17)26-23(27-22)25-18-10-6-7-11-18/h3-5,8-9,12-16,18H,2,6-7,10-11H2,1H3,(H2,24,25,26,27). The van der Waals surface area contributed by atoms with E-state index in [1.165, 1.54) is 25.7 Å². The molecule has 4 rings (SSSR count). The minimum atomic E-state index is 0.462. The molecule has 1 aliphatic rings. The molecule has 2 aromatic carbocycles. The summed E-state index contributed by atoms with van der Waals surface area (Å²) in [6, 6.07) is 20.6. The molecule has 1 aliphatic carbocycles. The summed E-state index contributed by atoms with van der Waals surface area (Å²) in [6.07, 6.45) is 4.90. The number of hydrogen-bond donors (Lipinski definition) is 2. The quantitative estimate of drug-likeness (QED) is 0.560. The SMILES string of the molecule is CCOc1ccc(Nc2cc(-c3ccccc3)nc(NC3CCCC3)n2)cc1. The van der Waals surface area contributed by atoms with Crippen molar-refractivity contribution in [1.82, 2.24) is 9.97 Å². The molecule has 0 bridgehead atoms. The van der Waals surface area contributed by atoms with E-state index >= 15 is 0 Å². The zero-order valence-corrected chi connectivity index (χ0v) is 16.2. The molecule has 1 saturated carbocycles. The average molecular weight is 374 g/mol. The van der Waals surface area contributed by atoms with Crippen molar-refractivity contribution in [2.24, 2.45) is 0 Å². The molecule has 0 spiro atoms. The molecule has 1 fully saturated rings. The third-order valence-electron chi connectivity index (χ3n) is 4.92. The van der Waals surface area contributed by atoms with Crippen molar-refractivity contribution >= 4 is 17.5 Å². The lowest BCUT2D eigenvalue weighted by molar-refractivity contribution is 0.340. The fourth-order valence-electron chi connectivity index (χ4n) is 3.53. The van der Waals surface area contributed by atoms with Crippen LogP contribution >= 0.6 is 0 Å². The van der Waals surface area contributed by atoms with Gasteiger partial charge in [0.25, 0.3) is 0 Å². The lowest BCUT2D eigenvalue weighted by atomic mass is 10.1. The van der Waals surface area contributed by atoms with E-state index < -0.39 is 0 Å². The molecule has 5 heteroatoms. The molecule has 5 nitrogen and oxygen atoms in total. The Labute approximate surface area is 166 Å². The van der Waals surface area contributed by atoms with Gasteiger partial charge in [0.15, 0.2) is 0 Å². The van der Waals surface area contributed by atoms with Crippen molar-refractivity contribution in [3.05, 3.63) is 60.7 Å². The molecule has 1 heterocycles. The lowest BCUT2D eigenvalue weighted by Crippen LogP contribution is -2.17. The predicted octanol–water partition coefficient (Wildman–Crippen LogP) is 5.64. The normalized spacial score (nSPS) is 14.0. The Bertz CT molecular complexity index is 890. The third kappa shape index (κ3) is 4.60. The number of ether oxygens (including phenoxy) is 1. The predicted molar refractivity (Wildman–Crippen MR) is 114 cm³/mol. The van der Waals surface area contributed by atoms with E-state index in [2.05, 4.69) is 22.8 Å². The van der Waals surface area contributed by atoms with Gasteiger partial charge in [-0.2, -0.15) is 4.98 Å². The number of hydrogen-bond acceptors (Lipinski definition) is 5. The van der Waals surface area contributed by atoms with Crippen LogP contribution in [0.5, 0.6) is 5.75 Å². The molecular weight excluding hydrogens is 348 g/mol. The van der Waals surface area contributed by atoms with Crippen molar-refractivity contribution in [2.45, 2.75) is 38.6 Å². The minimum absolute atomic E-state index is 0.462. The number of rotatable bonds is 7. The minimum Gasteiger partial charge on any atom is -0.494 e. The topological polar surface area (TPSA) is 59.1 Å². The molecule has 0 aliphatic heterocycles. The summed E-state index contributed by atoms with van der Waals surface area (Å²) in [5.41, 5.74) is 2.95. The fraction of sp³-hybridized carbons (Fsp3) is 0.304. The molecule has 0 radical (unpaired) electrons. The van der Waals surface area contributed by atoms with E-state index in [9.17, 15) is 0 Å². The van der Waals surface area contributed by atoms with Gasteiger partial charge >= 0.3 is 0 Å². The van der Waals surface area contributed by atoms with Crippen molar-refractivity contribution in [3.63, 3.8) is 0 Å². The average Bonchev–Trinajstić information content (AvgIpc) is 3.23. The van der Waals surface area contributed by atoms with Gasteiger partial charge in [-0.05, 0) is 44.0 Å². The number of nitrogens with zero attached hydrogens (tertiary/aromatic N) is 2. The Morgan fingerprint density at radius 3 is 2.43 bits per heavy atom. The largest absolute Gasteiger partial charge is 0.494 e. The molecule has 2 N–H and O–H groups in total. The highest BCUT2D eigenvalue weighted by molar-refractivity contribution is 5.67. The van der Waals surface area contributed by atoms with E-state index in [1.54, 1.807) is 0 Å². The maximum Gasteiger partial charge on any atom is 0.225 e. The Hall–Kier alpha value is -3.08. The van der Waals surface area contributed by atoms with Gasteiger partial charge in [-0.3, -0.25) is 0 Å². The van der Waals surface area contributed by atoms with Crippen molar-refractivity contribution < 1.29 is 4.74 Å². The first kappa shape index (κ1) is 18.3. The highest BCUT2D eigenvalue weighted by Crippen LogP contribution is 2.26. The molecule has 144 valence electrons. The summed E-state index contributed by atoms with van der Waals surface area (Å²) in [6.45, 7) is 2.65. The number of anilines is 3. The summed E-state index contributed by atoms with van der Waals surface area (Å²) in [5, 5.41) is 6.92. The molecule has 0 atom stereocenters. The Kier molecular flexibility index (Phi) is 5.71. The maximum atomic E-state index is 5.52. The summed E-state index contributed by atoms with van der Waals surface area (Å²) in [7, 11) is 0. The molecule has 0 unspecified atom stereocenters. The first-order chi connectivity index (χ1) is 13.8. The number of benzene rings is 2. The molecule has 28 heavy (non-hydrogen) atoms. The van der Waals surface area contributed by atoms with Crippen LogP contribution < -0.4 is 15.4 Å². The van der Waals surface area contributed by atoms with E-state index in [0.717, 1.165) is 28.5 Å². The second-order valence-corrected chi connectivity index (χ2v) is 7.04. The zero-order valence-electron chi connectivity index (χ0n) is 16.2. The van der Waals surface area contributed by atoms with Crippen LogP contribution in [0.4, 0.5) is 17.5 Å². The van der Waals surface area contributed by atoms with Gasteiger partial charge in [-0.1, -0.05) is 43.2 Å². The fourth-order valence-corrected chi connectivity index (χ4v) is 3.53. The van der Waals surface area contributed by atoms with Gasteiger partial charge in [-0.15, -0.1) is 0 Å². The Balaban J connectivity index is 1.60. The van der Waals surface area contributed by atoms with Gasteiger partial charge in [0, 0.05) is 23.4 Å². The van der Waals surface area contributed by atoms with E-state index in [0.29, 0.717) is 18.6 Å².